The van der Waals surface area contributed by atoms with Crippen LogP contribution in [0.3, 0.4) is 0 Å². The molecule has 2 N–H and O–H groups in total. The van der Waals surface area contributed by atoms with Crippen LogP contribution < -0.4 is 5.73 Å². The summed E-state index contributed by atoms with van der Waals surface area (Å²) in [6, 6.07) is 0.111. The highest BCUT2D eigenvalue weighted by Crippen LogP contribution is 1.96. The molecule has 0 saturated carbocycles. The number of hydrogen-bond acceptors (Lipinski definition) is 4. The van der Waals surface area contributed by atoms with Crippen LogP contribution in [0.1, 0.15) is 12.7 Å². The first kappa shape index (κ1) is 6.22. The van der Waals surface area contributed by atoms with E-state index in [1.807, 2.05) is 6.92 Å². The van der Waals surface area contributed by atoms with Crippen molar-refractivity contribution >= 4 is 0 Å². The lowest BCUT2D eigenvalue weighted by atomic mass is 10.2. The second-order valence-corrected chi connectivity index (χ2v) is 2.07. The number of hydrogen-bond donors (Lipinski definition) is 1. The molecule has 0 saturated heterocycles. The van der Waals surface area contributed by atoms with E-state index in [0.717, 1.165) is 5.76 Å². The van der Waals surface area contributed by atoms with Gasteiger partial charge in [-0.1, -0.05) is 0 Å². The molecule has 4 heteroatoms. The number of rotatable bonds is 2. The molecule has 0 radical (unpaired) electrons. The van der Waals surface area contributed by atoms with Crippen molar-refractivity contribution in [3.8, 4) is 0 Å². The molecule has 0 bridgehead atoms. The molecule has 0 amide bonds. The average molecular weight is 127 g/mol. The van der Waals surface area contributed by atoms with E-state index in [0.29, 0.717) is 6.42 Å². The Bertz CT molecular complexity index is 159. The lowest BCUT2D eigenvalue weighted by molar-refractivity contribution is 0.357. The molecule has 1 unspecified atom stereocenters. The Morgan fingerprint density at radius 3 is 3.11 bits per heavy atom. The van der Waals surface area contributed by atoms with Gasteiger partial charge < -0.3 is 10.3 Å². The standard InChI is InChI=1S/C5H9N3O/c1-4(6)2-5-3-7-8-9-5/h3-4H,2,6H2,1H3. The third-order valence-corrected chi connectivity index (χ3v) is 0.930. The summed E-state index contributed by atoms with van der Waals surface area (Å²) in [6.45, 7) is 1.91. The third-order valence-electron chi connectivity index (χ3n) is 0.930. The summed E-state index contributed by atoms with van der Waals surface area (Å²) in [5, 5.41) is 6.80. The molecule has 4 nitrogen and oxygen atoms in total. The van der Waals surface area contributed by atoms with Gasteiger partial charge in [-0.2, -0.15) is 0 Å². The fourth-order valence-corrected chi connectivity index (χ4v) is 0.595. The molecule has 0 aliphatic rings. The van der Waals surface area contributed by atoms with Gasteiger partial charge >= 0.3 is 0 Å². The van der Waals surface area contributed by atoms with Crippen LogP contribution in [-0.4, -0.2) is 16.4 Å². The minimum atomic E-state index is 0.111. The van der Waals surface area contributed by atoms with E-state index in [2.05, 4.69) is 10.4 Å². The van der Waals surface area contributed by atoms with Crippen LogP contribution in [0.2, 0.25) is 0 Å². The van der Waals surface area contributed by atoms with Crippen LogP contribution >= 0.6 is 0 Å². The van der Waals surface area contributed by atoms with Gasteiger partial charge in [0.2, 0.25) is 0 Å². The predicted octanol–water partition coefficient (Wildman–Crippen LogP) is -0.0407. The van der Waals surface area contributed by atoms with Gasteiger partial charge in [0.05, 0.1) is 6.20 Å². The van der Waals surface area contributed by atoms with Gasteiger partial charge in [0.1, 0.15) is 0 Å². The summed E-state index contributed by atoms with van der Waals surface area (Å²) < 4.78 is 4.70. The zero-order valence-electron chi connectivity index (χ0n) is 5.24. The maximum atomic E-state index is 5.47. The molecule has 1 rings (SSSR count). The Morgan fingerprint density at radius 2 is 2.67 bits per heavy atom. The summed E-state index contributed by atoms with van der Waals surface area (Å²) in [5.41, 5.74) is 5.47. The minimum absolute atomic E-state index is 0.111. The second-order valence-electron chi connectivity index (χ2n) is 2.07. The summed E-state index contributed by atoms with van der Waals surface area (Å²) in [4.78, 5) is 0. The highest BCUT2D eigenvalue weighted by molar-refractivity contribution is 4.88. The van der Waals surface area contributed by atoms with Crippen molar-refractivity contribution < 1.29 is 4.52 Å². The first-order valence-electron chi connectivity index (χ1n) is 2.81. The van der Waals surface area contributed by atoms with Crippen molar-refractivity contribution in [2.75, 3.05) is 0 Å². The Hall–Kier alpha value is -0.900. The average Bonchev–Trinajstić information content (AvgIpc) is 2.15. The summed E-state index contributed by atoms with van der Waals surface area (Å²) >= 11 is 0. The van der Waals surface area contributed by atoms with Gasteiger partial charge in [0.15, 0.2) is 5.76 Å². The van der Waals surface area contributed by atoms with Crippen LogP contribution in [0.25, 0.3) is 0 Å². The van der Waals surface area contributed by atoms with E-state index in [1.54, 1.807) is 6.20 Å². The van der Waals surface area contributed by atoms with Crippen LogP contribution in [0, 0.1) is 0 Å². The van der Waals surface area contributed by atoms with Crippen molar-refractivity contribution in [2.45, 2.75) is 19.4 Å². The molecule has 1 aromatic heterocycles. The van der Waals surface area contributed by atoms with E-state index >= 15 is 0 Å². The predicted molar refractivity (Wildman–Crippen MR) is 31.7 cm³/mol. The lowest BCUT2D eigenvalue weighted by Gasteiger charge is -1.96. The largest absolute Gasteiger partial charge is 0.342 e. The van der Waals surface area contributed by atoms with Crippen LogP contribution in [0.4, 0.5) is 0 Å². The first-order chi connectivity index (χ1) is 4.29. The fourth-order valence-electron chi connectivity index (χ4n) is 0.595. The van der Waals surface area contributed by atoms with Crippen LogP contribution in [0.15, 0.2) is 10.7 Å². The van der Waals surface area contributed by atoms with E-state index in [1.165, 1.54) is 0 Å². The molecule has 0 aliphatic heterocycles. The van der Waals surface area contributed by atoms with E-state index < -0.39 is 0 Å². The molecule has 9 heavy (non-hydrogen) atoms. The van der Waals surface area contributed by atoms with Gasteiger partial charge in [0, 0.05) is 17.7 Å². The number of aromatic nitrogens is 2. The molecule has 0 fully saturated rings. The second kappa shape index (κ2) is 2.59. The summed E-state index contributed by atoms with van der Waals surface area (Å²) in [7, 11) is 0. The molecule has 1 heterocycles. The van der Waals surface area contributed by atoms with Crippen molar-refractivity contribution in [2.24, 2.45) is 5.73 Å². The highest BCUT2D eigenvalue weighted by Gasteiger charge is 2.00. The minimum Gasteiger partial charge on any atom is -0.342 e. The summed E-state index contributed by atoms with van der Waals surface area (Å²) in [6.07, 6.45) is 2.27. The molecule has 50 valence electrons. The van der Waals surface area contributed by atoms with Gasteiger partial charge in [-0.25, -0.2) is 0 Å². The first-order valence-corrected chi connectivity index (χ1v) is 2.81. The Kier molecular flexibility index (Phi) is 1.79. The van der Waals surface area contributed by atoms with E-state index in [-0.39, 0.29) is 6.04 Å². The molecular formula is C5H9N3O. The normalized spacial score (nSPS) is 13.6. The van der Waals surface area contributed by atoms with Gasteiger partial charge in [-0.05, 0) is 6.92 Å². The number of nitrogens with zero attached hydrogens (tertiary/aromatic N) is 2. The molecular weight excluding hydrogens is 118 g/mol. The maximum Gasteiger partial charge on any atom is 0.158 e. The SMILES string of the molecule is CC(N)Cc1cnno1. The van der Waals surface area contributed by atoms with Gasteiger partial charge in [-0.3, -0.25) is 0 Å². The highest BCUT2D eigenvalue weighted by atomic mass is 16.5. The topological polar surface area (TPSA) is 64.9 Å². The molecule has 0 spiro atoms. The maximum absolute atomic E-state index is 5.47. The molecule has 0 aliphatic carbocycles. The molecule has 0 aromatic carbocycles. The fraction of sp³-hybridized carbons (Fsp3) is 0.600. The van der Waals surface area contributed by atoms with Crippen molar-refractivity contribution in [3.63, 3.8) is 0 Å². The Labute approximate surface area is 53.0 Å². The molecule has 1 atom stereocenters. The Morgan fingerprint density at radius 1 is 1.89 bits per heavy atom. The van der Waals surface area contributed by atoms with E-state index in [9.17, 15) is 0 Å². The van der Waals surface area contributed by atoms with Crippen LogP contribution in [0.5, 0.6) is 0 Å². The molecule has 1 aromatic rings. The Balaban J connectivity index is 2.48. The smallest absolute Gasteiger partial charge is 0.158 e. The zero-order chi connectivity index (χ0) is 6.69. The van der Waals surface area contributed by atoms with Gasteiger partial charge in [-0.15, -0.1) is 5.10 Å². The lowest BCUT2D eigenvalue weighted by Crippen LogP contribution is -2.17. The van der Waals surface area contributed by atoms with Crippen molar-refractivity contribution in [3.05, 3.63) is 12.0 Å². The van der Waals surface area contributed by atoms with Gasteiger partial charge in [0.25, 0.3) is 0 Å². The zero-order valence-corrected chi connectivity index (χ0v) is 5.24. The summed E-state index contributed by atoms with van der Waals surface area (Å²) in [5.74, 6) is 0.741. The monoisotopic (exact) mass is 127 g/mol. The van der Waals surface area contributed by atoms with Crippen molar-refractivity contribution in [1.82, 2.24) is 10.4 Å². The third kappa shape index (κ3) is 1.81. The number of nitrogens with two attached hydrogens (primary N) is 1. The van der Waals surface area contributed by atoms with Crippen LogP contribution in [-0.2, 0) is 6.42 Å². The van der Waals surface area contributed by atoms with Crippen molar-refractivity contribution in [1.29, 1.82) is 0 Å². The quantitative estimate of drug-likeness (QED) is 0.605. The van der Waals surface area contributed by atoms with E-state index in [4.69, 9.17) is 10.3 Å².